The van der Waals surface area contributed by atoms with Crippen molar-refractivity contribution in [2.45, 2.75) is 31.6 Å². The van der Waals surface area contributed by atoms with E-state index in [1.165, 1.54) is 0 Å². The van der Waals surface area contributed by atoms with Gasteiger partial charge in [0.25, 0.3) is 0 Å². The summed E-state index contributed by atoms with van der Waals surface area (Å²) in [6, 6.07) is 0.444. The van der Waals surface area contributed by atoms with Crippen LogP contribution in [0.3, 0.4) is 0 Å². The Balaban J connectivity index is 3.59. The standard InChI is InChI=1S/C9H19NS/c1-6-8(10-5)7-11-9(2,3)4/h6,8,10H,1,7H2,2-5H3. The number of thioether (sulfide) groups is 1. The third kappa shape index (κ3) is 6.45. The molecular weight excluding hydrogens is 154 g/mol. The fourth-order valence-electron chi connectivity index (χ4n) is 0.609. The normalized spacial score (nSPS) is 14.5. The van der Waals surface area contributed by atoms with Crippen LogP contribution in [-0.2, 0) is 0 Å². The summed E-state index contributed by atoms with van der Waals surface area (Å²) in [7, 11) is 1.97. The molecule has 1 atom stereocenters. The minimum atomic E-state index is 0.359. The lowest BCUT2D eigenvalue weighted by atomic mass is 10.3. The van der Waals surface area contributed by atoms with Crippen LogP contribution < -0.4 is 5.32 Å². The molecule has 0 heterocycles. The van der Waals surface area contributed by atoms with E-state index in [4.69, 9.17) is 0 Å². The van der Waals surface area contributed by atoms with Gasteiger partial charge in [-0.1, -0.05) is 26.8 Å². The van der Waals surface area contributed by atoms with Crippen LogP contribution in [0.2, 0.25) is 0 Å². The van der Waals surface area contributed by atoms with Gasteiger partial charge in [-0.05, 0) is 7.05 Å². The second-order valence-electron chi connectivity index (χ2n) is 3.55. The molecule has 0 aliphatic heterocycles. The van der Waals surface area contributed by atoms with Gasteiger partial charge in [0.2, 0.25) is 0 Å². The van der Waals surface area contributed by atoms with Crippen LogP contribution in [0.15, 0.2) is 12.7 Å². The Hall–Kier alpha value is 0.0500. The number of rotatable bonds is 4. The Labute approximate surface area is 74.6 Å². The van der Waals surface area contributed by atoms with Gasteiger partial charge in [-0.3, -0.25) is 0 Å². The first-order chi connectivity index (χ1) is 4.99. The van der Waals surface area contributed by atoms with Crippen molar-refractivity contribution in [1.29, 1.82) is 0 Å². The van der Waals surface area contributed by atoms with Crippen molar-refractivity contribution in [3.63, 3.8) is 0 Å². The molecule has 0 radical (unpaired) electrons. The van der Waals surface area contributed by atoms with Gasteiger partial charge in [0.1, 0.15) is 0 Å². The number of hydrogen-bond acceptors (Lipinski definition) is 2. The third-order valence-electron chi connectivity index (χ3n) is 1.35. The smallest absolute Gasteiger partial charge is 0.0336 e. The molecule has 1 N–H and O–H groups in total. The van der Waals surface area contributed by atoms with Crippen LogP contribution in [0.1, 0.15) is 20.8 Å². The molecule has 1 unspecified atom stereocenters. The van der Waals surface area contributed by atoms with Crippen molar-refractivity contribution in [3.05, 3.63) is 12.7 Å². The van der Waals surface area contributed by atoms with Gasteiger partial charge in [-0.15, -0.1) is 6.58 Å². The van der Waals surface area contributed by atoms with E-state index in [-0.39, 0.29) is 0 Å². The Bertz CT molecular complexity index is 115. The summed E-state index contributed by atoms with van der Waals surface area (Å²) in [5, 5.41) is 3.19. The summed E-state index contributed by atoms with van der Waals surface area (Å²) in [6.45, 7) is 10.4. The lowest BCUT2D eigenvalue weighted by Gasteiger charge is -2.20. The molecular formula is C9H19NS. The highest BCUT2D eigenvalue weighted by atomic mass is 32.2. The van der Waals surface area contributed by atoms with Gasteiger partial charge in [-0.2, -0.15) is 11.8 Å². The molecule has 1 nitrogen and oxygen atoms in total. The molecule has 0 saturated carbocycles. The van der Waals surface area contributed by atoms with Gasteiger partial charge in [0.05, 0.1) is 0 Å². The molecule has 66 valence electrons. The van der Waals surface area contributed by atoms with Crippen LogP contribution in [0, 0.1) is 0 Å². The maximum Gasteiger partial charge on any atom is 0.0336 e. The minimum Gasteiger partial charge on any atom is -0.313 e. The van der Waals surface area contributed by atoms with E-state index in [0.717, 1.165) is 5.75 Å². The van der Waals surface area contributed by atoms with Crippen LogP contribution >= 0.6 is 11.8 Å². The molecule has 0 aliphatic carbocycles. The molecule has 0 rings (SSSR count). The number of hydrogen-bond donors (Lipinski definition) is 1. The van der Waals surface area contributed by atoms with Gasteiger partial charge < -0.3 is 5.32 Å². The molecule has 0 fully saturated rings. The van der Waals surface area contributed by atoms with Crippen molar-refractivity contribution >= 4 is 11.8 Å². The molecule has 0 aromatic carbocycles. The largest absolute Gasteiger partial charge is 0.313 e. The van der Waals surface area contributed by atoms with Crippen molar-refractivity contribution in [3.8, 4) is 0 Å². The van der Waals surface area contributed by atoms with Gasteiger partial charge in [-0.25, -0.2) is 0 Å². The Morgan fingerprint density at radius 1 is 1.55 bits per heavy atom. The van der Waals surface area contributed by atoms with E-state index < -0.39 is 0 Å². The topological polar surface area (TPSA) is 12.0 Å². The molecule has 0 aromatic rings. The summed E-state index contributed by atoms with van der Waals surface area (Å²) in [5.41, 5.74) is 0. The summed E-state index contributed by atoms with van der Waals surface area (Å²) < 4.78 is 0.359. The Kier molecular flexibility index (Phi) is 4.86. The maximum atomic E-state index is 3.76. The van der Waals surface area contributed by atoms with Gasteiger partial charge in [0.15, 0.2) is 0 Å². The average Bonchev–Trinajstić information content (AvgIpc) is 1.88. The van der Waals surface area contributed by atoms with E-state index in [2.05, 4.69) is 32.7 Å². The molecule has 0 bridgehead atoms. The highest BCUT2D eigenvalue weighted by Crippen LogP contribution is 2.23. The highest BCUT2D eigenvalue weighted by molar-refractivity contribution is 8.00. The lowest BCUT2D eigenvalue weighted by molar-refractivity contribution is 0.728. The molecule has 2 heteroatoms. The maximum absolute atomic E-state index is 3.76. The molecule has 0 aliphatic rings. The SMILES string of the molecule is C=CC(CSC(C)(C)C)NC. The van der Waals surface area contributed by atoms with E-state index >= 15 is 0 Å². The monoisotopic (exact) mass is 173 g/mol. The zero-order valence-electron chi connectivity index (χ0n) is 7.98. The van der Waals surface area contributed by atoms with Crippen LogP contribution in [0.5, 0.6) is 0 Å². The first-order valence-corrected chi connectivity index (χ1v) is 4.92. The lowest BCUT2D eigenvalue weighted by Crippen LogP contribution is -2.27. The molecule has 0 saturated heterocycles. The Morgan fingerprint density at radius 3 is 2.36 bits per heavy atom. The van der Waals surface area contributed by atoms with Crippen molar-refractivity contribution in [1.82, 2.24) is 5.32 Å². The minimum absolute atomic E-state index is 0.359. The first kappa shape index (κ1) is 11.1. The zero-order chi connectivity index (χ0) is 8.91. The van der Waals surface area contributed by atoms with Crippen molar-refractivity contribution in [2.24, 2.45) is 0 Å². The summed E-state index contributed by atoms with van der Waals surface area (Å²) in [6.07, 6.45) is 1.96. The average molecular weight is 173 g/mol. The van der Waals surface area contributed by atoms with E-state index in [1.807, 2.05) is 24.9 Å². The van der Waals surface area contributed by atoms with Gasteiger partial charge in [0, 0.05) is 16.5 Å². The second kappa shape index (κ2) is 4.83. The summed E-state index contributed by atoms with van der Waals surface area (Å²) >= 11 is 1.96. The first-order valence-electron chi connectivity index (χ1n) is 3.93. The van der Waals surface area contributed by atoms with Crippen molar-refractivity contribution < 1.29 is 0 Å². The van der Waals surface area contributed by atoms with E-state index in [0.29, 0.717) is 10.8 Å². The number of likely N-dealkylation sites (N-methyl/N-ethyl adjacent to an activating group) is 1. The van der Waals surface area contributed by atoms with E-state index in [1.54, 1.807) is 0 Å². The van der Waals surface area contributed by atoms with Crippen LogP contribution in [-0.4, -0.2) is 23.6 Å². The molecule has 0 aromatic heterocycles. The fraction of sp³-hybridized carbons (Fsp3) is 0.778. The fourth-order valence-corrected chi connectivity index (χ4v) is 1.59. The summed E-state index contributed by atoms with van der Waals surface area (Å²) in [5.74, 6) is 1.10. The quantitative estimate of drug-likeness (QED) is 0.655. The second-order valence-corrected chi connectivity index (χ2v) is 5.40. The predicted octanol–water partition coefficient (Wildman–Crippen LogP) is 2.29. The Morgan fingerprint density at radius 2 is 2.09 bits per heavy atom. The highest BCUT2D eigenvalue weighted by Gasteiger charge is 2.12. The third-order valence-corrected chi connectivity index (χ3v) is 2.74. The summed E-state index contributed by atoms with van der Waals surface area (Å²) in [4.78, 5) is 0. The van der Waals surface area contributed by atoms with Crippen LogP contribution in [0.4, 0.5) is 0 Å². The zero-order valence-corrected chi connectivity index (χ0v) is 8.79. The molecule has 0 spiro atoms. The predicted molar refractivity (Wildman–Crippen MR) is 55.3 cm³/mol. The van der Waals surface area contributed by atoms with E-state index in [9.17, 15) is 0 Å². The molecule has 0 amide bonds. The molecule has 11 heavy (non-hydrogen) atoms. The van der Waals surface area contributed by atoms with Gasteiger partial charge >= 0.3 is 0 Å². The van der Waals surface area contributed by atoms with Crippen LogP contribution in [0.25, 0.3) is 0 Å². The number of nitrogens with one attached hydrogen (secondary N) is 1. The van der Waals surface area contributed by atoms with Crippen molar-refractivity contribution in [2.75, 3.05) is 12.8 Å².